The van der Waals surface area contributed by atoms with Crippen LogP contribution in [0.4, 0.5) is 5.69 Å². The zero-order valence-corrected chi connectivity index (χ0v) is 22.0. The summed E-state index contributed by atoms with van der Waals surface area (Å²) in [5, 5.41) is 17.9. The van der Waals surface area contributed by atoms with Gasteiger partial charge >= 0.3 is 0 Å². The first-order chi connectivity index (χ1) is 19.7. The summed E-state index contributed by atoms with van der Waals surface area (Å²) in [5.74, 6) is 1.28. The average molecular weight is 531 g/mol. The Kier molecular flexibility index (Phi) is 7.28. The minimum Gasteiger partial charge on any atom is -0.373 e. The summed E-state index contributed by atoms with van der Waals surface area (Å²) in [7, 11) is 0. The molecule has 9 heteroatoms. The lowest BCUT2D eigenvalue weighted by molar-refractivity contribution is 0.0951. The third kappa shape index (κ3) is 5.45. The maximum absolute atomic E-state index is 13.2. The molecule has 1 aliphatic heterocycles. The van der Waals surface area contributed by atoms with E-state index in [4.69, 9.17) is 4.98 Å². The molecule has 0 unspecified atom stereocenters. The van der Waals surface area contributed by atoms with Gasteiger partial charge in [-0.1, -0.05) is 36.4 Å². The van der Waals surface area contributed by atoms with E-state index in [1.54, 1.807) is 18.6 Å². The first kappa shape index (κ1) is 25.4. The number of rotatable bonds is 8. The van der Waals surface area contributed by atoms with Crippen molar-refractivity contribution in [3.63, 3.8) is 0 Å². The third-order valence-corrected chi connectivity index (χ3v) is 7.27. The molecule has 0 aliphatic carbocycles. The summed E-state index contributed by atoms with van der Waals surface area (Å²) >= 11 is 0. The van der Waals surface area contributed by atoms with Crippen LogP contribution in [-0.4, -0.2) is 44.1 Å². The number of amides is 1. The molecule has 4 heterocycles. The van der Waals surface area contributed by atoms with Crippen LogP contribution in [0.25, 0.3) is 22.5 Å². The zero-order valence-electron chi connectivity index (χ0n) is 22.0. The van der Waals surface area contributed by atoms with E-state index in [9.17, 15) is 4.79 Å². The predicted molar refractivity (Wildman–Crippen MR) is 154 cm³/mol. The topological polar surface area (TPSA) is 121 Å². The predicted octanol–water partition coefficient (Wildman–Crippen LogP) is 4.55. The number of piperidine rings is 1. The van der Waals surface area contributed by atoms with Crippen LogP contribution in [0.15, 0.2) is 97.6 Å². The Hall–Kier alpha value is -4.89. The van der Waals surface area contributed by atoms with Crippen molar-refractivity contribution < 1.29 is 4.79 Å². The van der Waals surface area contributed by atoms with Gasteiger partial charge in [0.15, 0.2) is 11.6 Å². The number of nitrogens with one attached hydrogen (secondary N) is 4. The summed E-state index contributed by atoms with van der Waals surface area (Å²) in [6.45, 7) is 2.09. The van der Waals surface area contributed by atoms with Gasteiger partial charge in [0, 0.05) is 53.7 Å². The fourth-order valence-electron chi connectivity index (χ4n) is 5.15. The van der Waals surface area contributed by atoms with Crippen molar-refractivity contribution in [1.82, 2.24) is 35.8 Å². The minimum absolute atomic E-state index is 0.136. The van der Waals surface area contributed by atoms with Gasteiger partial charge in [-0.3, -0.25) is 19.9 Å². The molecule has 1 saturated heterocycles. The van der Waals surface area contributed by atoms with E-state index in [1.807, 2.05) is 79.0 Å². The van der Waals surface area contributed by atoms with E-state index in [0.717, 1.165) is 59.7 Å². The molecule has 0 atom stereocenters. The highest BCUT2D eigenvalue weighted by molar-refractivity contribution is 5.95. The molecule has 1 fully saturated rings. The highest BCUT2D eigenvalue weighted by atomic mass is 16.1. The second kappa shape index (κ2) is 11.5. The smallest absolute Gasteiger partial charge is 0.251 e. The van der Waals surface area contributed by atoms with E-state index in [1.165, 1.54) is 0 Å². The molecule has 40 heavy (non-hydrogen) atoms. The number of carbonyl (C=O) groups is 1. The lowest BCUT2D eigenvalue weighted by Crippen LogP contribution is -2.46. The number of carbonyl (C=O) groups excluding carboxylic acids is 1. The molecule has 5 aromatic rings. The number of nitrogens with zero attached hydrogens (tertiary/aromatic N) is 4. The summed E-state index contributed by atoms with van der Waals surface area (Å²) in [4.78, 5) is 26.4. The lowest BCUT2D eigenvalue weighted by Gasteiger charge is -2.37. The minimum atomic E-state index is -0.443. The molecule has 200 valence electrons. The normalized spacial score (nSPS) is 14.4. The standard InChI is InChI=1S/C31H30N8O/c40-29(35-21-25-5-1-2-9-27(25)24-7-4-14-34-20-24)23-6-3-8-26(19-23)37-31(12-17-33-18-13-31)30-36-28(38-39-30)22-10-15-32-16-11-22/h1-11,14-16,19-20,33,37H,12-13,17-18,21H2,(H,35,40)(H,36,38,39). The van der Waals surface area contributed by atoms with Crippen LogP contribution in [-0.2, 0) is 12.1 Å². The molecule has 2 aromatic carbocycles. The second-order valence-electron chi connectivity index (χ2n) is 9.86. The van der Waals surface area contributed by atoms with Crippen LogP contribution in [0.1, 0.15) is 34.6 Å². The Morgan fingerprint density at radius 2 is 1.73 bits per heavy atom. The van der Waals surface area contributed by atoms with Gasteiger partial charge in [-0.15, -0.1) is 0 Å². The number of hydrogen-bond donors (Lipinski definition) is 4. The first-order valence-corrected chi connectivity index (χ1v) is 13.4. The van der Waals surface area contributed by atoms with E-state index in [0.29, 0.717) is 17.9 Å². The number of aromatic amines is 1. The molecule has 1 aliphatic rings. The van der Waals surface area contributed by atoms with E-state index in [-0.39, 0.29) is 5.91 Å². The van der Waals surface area contributed by atoms with Crippen molar-refractivity contribution in [3.05, 3.63) is 115 Å². The molecular weight excluding hydrogens is 500 g/mol. The summed E-state index contributed by atoms with van der Waals surface area (Å²) in [6, 6.07) is 23.4. The Balaban J connectivity index is 1.20. The maximum Gasteiger partial charge on any atom is 0.251 e. The zero-order chi connectivity index (χ0) is 27.2. The fraction of sp³-hybridized carbons (Fsp3) is 0.194. The van der Waals surface area contributed by atoms with Crippen LogP contribution < -0.4 is 16.0 Å². The summed E-state index contributed by atoms with van der Waals surface area (Å²) in [5.41, 5.74) is 5.01. The van der Waals surface area contributed by atoms with Gasteiger partial charge in [-0.05, 0) is 73.5 Å². The van der Waals surface area contributed by atoms with Gasteiger partial charge < -0.3 is 16.0 Å². The van der Waals surface area contributed by atoms with E-state index in [2.05, 4.69) is 36.1 Å². The van der Waals surface area contributed by atoms with Gasteiger partial charge in [0.25, 0.3) is 5.91 Å². The van der Waals surface area contributed by atoms with Crippen LogP contribution >= 0.6 is 0 Å². The average Bonchev–Trinajstić information content (AvgIpc) is 3.53. The van der Waals surface area contributed by atoms with Crippen molar-refractivity contribution in [2.75, 3.05) is 18.4 Å². The number of H-pyrrole nitrogens is 1. The largest absolute Gasteiger partial charge is 0.373 e. The Morgan fingerprint density at radius 1 is 0.875 bits per heavy atom. The second-order valence-corrected chi connectivity index (χ2v) is 9.86. The fourth-order valence-corrected chi connectivity index (χ4v) is 5.15. The maximum atomic E-state index is 13.2. The summed E-state index contributed by atoms with van der Waals surface area (Å²) < 4.78 is 0. The monoisotopic (exact) mass is 530 g/mol. The van der Waals surface area contributed by atoms with Crippen molar-refractivity contribution in [1.29, 1.82) is 0 Å². The molecule has 0 radical (unpaired) electrons. The van der Waals surface area contributed by atoms with Crippen LogP contribution in [0.3, 0.4) is 0 Å². The van der Waals surface area contributed by atoms with Crippen LogP contribution in [0.2, 0.25) is 0 Å². The Morgan fingerprint density at radius 3 is 2.55 bits per heavy atom. The highest BCUT2D eigenvalue weighted by Gasteiger charge is 2.37. The van der Waals surface area contributed by atoms with Crippen LogP contribution in [0, 0.1) is 0 Å². The molecule has 9 nitrogen and oxygen atoms in total. The molecule has 4 N–H and O–H groups in total. The molecule has 0 saturated carbocycles. The van der Waals surface area contributed by atoms with Crippen molar-refractivity contribution in [2.24, 2.45) is 0 Å². The molecule has 6 rings (SSSR count). The first-order valence-electron chi connectivity index (χ1n) is 13.4. The van der Waals surface area contributed by atoms with Crippen molar-refractivity contribution >= 4 is 11.6 Å². The summed E-state index contributed by atoms with van der Waals surface area (Å²) in [6.07, 6.45) is 8.70. The molecule has 1 amide bonds. The lowest BCUT2D eigenvalue weighted by atomic mass is 9.87. The van der Waals surface area contributed by atoms with Gasteiger partial charge in [-0.25, -0.2) is 4.98 Å². The van der Waals surface area contributed by atoms with Gasteiger partial charge in [0.1, 0.15) is 0 Å². The number of hydrogen-bond acceptors (Lipinski definition) is 7. The number of benzene rings is 2. The molecule has 0 spiro atoms. The molecule has 3 aromatic heterocycles. The van der Waals surface area contributed by atoms with Crippen molar-refractivity contribution in [3.8, 4) is 22.5 Å². The van der Waals surface area contributed by atoms with Gasteiger partial charge in [0.2, 0.25) is 0 Å². The Bertz CT molecular complexity index is 1580. The van der Waals surface area contributed by atoms with Crippen LogP contribution in [0.5, 0.6) is 0 Å². The Labute approximate surface area is 232 Å². The number of anilines is 1. The number of aromatic nitrogens is 5. The highest BCUT2D eigenvalue weighted by Crippen LogP contribution is 2.34. The van der Waals surface area contributed by atoms with E-state index >= 15 is 0 Å². The molecular formula is C31H30N8O. The quantitative estimate of drug-likeness (QED) is 0.232. The molecule has 0 bridgehead atoms. The number of pyridine rings is 2. The van der Waals surface area contributed by atoms with Gasteiger partial charge in [-0.2, -0.15) is 5.10 Å². The SMILES string of the molecule is O=C(NCc1ccccc1-c1cccnc1)c1cccc(NC2(c3nc(-c4ccncc4)n[nH]3)CCNCC2)c1. The van der Waals surface area contributed by atoms with E-state index < -0.39 is 5.54 Å². The van der Waals surface area contributed by atoms with Crippen molar-refractivity contribution in [2.45, 2.75) is 24.9 Å². The third-order valence-electron chi connectivity index (χ3n) is 7.27. The van der Waals surface area contributed by atoms with Gasteiger partial charge in [0.05, 0.1) is 5.54 Å².